The molecule has 1 aromatic heterocycles. The molecule has 0 amide bonds. The summed E-state index contributed by atoms with van der Waals surface area (Å²) in [6.45, 7) is 3.48. The van der Waals surface area contributed by atoms with E-state index in [0.29, 0.717) is 6.42 Å². The molecular formula is C33H31NO3S. The van der Waals surface area contributed by atoms with Gasteiger partial charge in [0.05, 0.1) is 16.4 Å². The minimum Gasteiger partial charge on any atom is -0.388 e. The normalized spacial score (nSPS) is 12.9. The lowest BCUT2D eigenvalue weighted by molar-refractivity contribution is 0.178. The van der Waals surface area contributed by atoms with Crippen molar-refractivity contribution in [1.82, 2.24) is 4.98 Å². The summed E-state index contributed by atoms with van der Waals surface area (Å²) in [5, 5.41) is 11.8. The zero-order valence-corrected chi connectivity index (χ0v) is 22.6. The van der Waals surface area contributed by atoms with Crippen molar-refractivity contribution in [2.75, 3.05) is 6.26 Å². The van der Waals surface area contributed by atoms with E-state index in [4.69, 9.17) is 0 Å². The molecule has 0 spiro atoms. The van der Waals surface area contributed by atoms with Crippen LogP contribution in [0.1, 0.15) is 36.6 Å². The third-order valence-electron chi connectivity index (χ3n) is 7.38. The van der Waals surface area contributed by atoms with Crippen LogP contribution in [-0.2, 0) is 21.0 Å². The van der Waals surface area contributed by atoms with Crippen molar-refractivity contribution in [3.8, 4) is 22.3 Å². The van der Waals surface area contributed by atoms with Gasteiger partial charge in [-0.1, -0.05) is 72.8 Å². The number of hydrogen-bond donors (Lipinski definition) is 1. The van der Waals surface area contributed by atoms with E-state index < -0.39 is 20.7 Å². The fourth-order valence-corrected chi connectivity index (χ4v) is 5.27. The number of rotatable bonds is 7. The van der Waals surface area contributed by atoms with E-state index in [1.165, 1.54) is 6.26 Å². The summed E-state index contributed by atoms with van der Waals surface area (Å²) in [6, 6.07) is 33.9. The molecule has 1 unspecified atom stereocenters. The average molecular weight is 522 g/mol. The molecule has 1 heterocycles. The van der Waals surface area contributed by atoms with Crippen molar-refractivity contribution in [1.29, 1.82) is 0 Å². The number of aliphatic hydroxyl groups excluding tert-OH is 1. The van der Waals surface area contributed by atoms with Crippen LogP contribution in [0.2, 0.25) is 0 Å². The molecule has 0 aliphatic heterocycles. The molecule has 1 N–H and O–H groups in total. The molecule has 0 fully saturated rings. The van der Waals surface area contributed by atoms with E-state index in [1.807, 2.05) is 97.1 Å². The van der Waals surface area contributed by atoms with Crippen LogP contribution in [0, 0.1) is 0 Å². The van der Waals surface area contributed by atoms with Gasteiger partial charge in [0.15, 0.2) is 9.84 Å². The maximum absolute atomic E-state index is 12.6. The summed E-state index contributed by atoms with van der Waals surface area (Å²) in [5.74, 6) is 0. The zero-order chi connectivity index (χ0) is 26.9. The van der Waals surface area contributed by atoms with Crippen LogP contribution in [-0.4, -0.2) is 24.8 Å². The van der Waals surface area contributed by atoms with Gasteiger partial charge in [0.25, 0.3) is 0 Å². The molecule has 5 aromatic rings. The van der Waals surface area contributed by atoms with Gasteiger partial charge in [-0.2, -0.15) is 0 Å². The van der Waals surface area contributed by atoms with Crippen LogP contribution in [0.15, 0.2) is 109 Å². The monoisotopic (exact) mass is 521 g/mol. The van der Waals surface area contributed by atoms with Gasteiger partial charge in [-0.15, -0.1) is 0 Å². The Bertz CT molecular complexity index is 1710. The minimum absolute atomic E-state index is 0.547. The first-order valence-electron chi connectivity index (χ1n) is 12.6. The number of aliphatic hydroxyl groups is 1. The lowest BCUT2D eigenvalue weighted by Crippen LogP contribution is -2.28. The first-order chi connectivity index (χ1) is 18.1. The zero-order valence-electron chi connectivity index (χ0n) is 21.8. The van der Waals surface area contributed by atoms with E-state index in [2.05, 4.69) is 11.1 Å². The molecule has 4 aromatic carbocycles. The summed E-state index contributed by atoms with van der Waals surface area (Å²) >= 11 is 0. The number of nitrogens with zero attached hydrogens (tertiary/aromatic N) is 1. The molecule has 192 valence electrons. The van der Waals surface area contributed by atoms with E-state index in [1.54, 1.807) is 20.0 Å². The van der Waals surface area contributed by atoms with Crippen LogP contribution in [0.3, 0.4) is 0 Å². The molecule has 0 saturated carbocycles. The van der Waals surface area contributed by atoms with Crippen LogP contribution in [0.5, 0.6) is 0 Å². The molecular weight excluding hydrogens is 490 g/mol. The largest absolute Gasteiger partial charge is 0.388 e. The smallest absolute Gasteiger partial charge is 0.156 e. The highest BCUT2D eigenvalue weighted by atomic mass is 32.2. The Morgan fingerprint density at radius 2 is 1.47 bits per heavy atom. The first kappa shape index (κ1) is 25.8. The Balaban J connectivity index is 1.56. The molecule has 0 bridgehead atoms. The lowest BCUT2D eigenvalue weighted by Gasteiger charge is -2.24. The Labute approximate surface area is 224 Å². The van der Waals surface area contributed by atoms with E-state index in [0.717, 1.165) is 49.8 Å². The molecule has 1 atom stereocenters. The second kappa shape index (κ2) is 10.2. The van der Waals surface area contributed by atoms with Gasteiger partial charge in [0.2, 0.25) is 0 Å². The minimum atomic E-state index is -3.35. The Kier molecular flexibility index (Phi) is 6.91. The SMILES string of the molecule is CC(C)(c1cc(-c2cccc(-c3cccc(C(O)Cc4ccccc4)c3)c2)c2ncccc2c1)S(C)(=O)=O. The van der Waals surface area contributed by atoms with Crippen molar-refractivity contribution in [2.24, 2.45) is 0 Å². The molecule has 5 rings (SSSR count). The quantitative estimate of drug-likeness (QED) is 0.247. The highest BCUT2D eigenvalue weighted by molar-refractivity contribution is 7.91. The van der Waals surface area contributed by atoms with Crippen molar-refractivity contribution >= 4 is 20.7 Å². The van der Waals surface area contributed by atoms with Crippen LogP contribution in [0.4, 0.5) is 0 Å². The topological polar surface area (TPSA) is 67.3 Å². The maximum Gasteiger partial charge on any atom is 0.156 e. The van der Waals surface area contributed by atoms with Gasteiger partial charge in [0, 0.05) is 29.8 Å². The fraction of sp³-hybridized carbons (Fsp3) is 0.182. The fourth-order valence-electron chi connectivity index (χ4n) is 4.72. The average Bonchev–Trinajstić information content (AvgIpc) is 2.92. The van der Waals surface area contributed by atoms with E-state index >= 15 is 0 Å². The number of benzene rings is 4. The summed E-state index contributed by atoms with van der Waals surface area (Å²) < 4.78 is 24.2. The predicted octanol–water partition coefficient (Wildman–Crippen LogP) is 7.12. The molecule has 38 heavy (non-hydrogen) atoms. The van der Waals surface area contributed by atoms with Crippen molar-refractivity contribution < 1.29 is 13.5 Å². The van der Waals surface area contributed by atoms with Crippen LogP contribution >= 0.6 is 0 Å². The number of hydrogen-bond acceptors (Lipinski definition) is 4. The van der Waals surface area contributed by atoms with Gasteiger partial charge in [-0.25, -0.2) is 8.42 Å². The summed E-state index contributed by atoms with van der Waals surface area (Å²) in [6.07, 6.45) is 2.98. The molecule has 5 heteroatoms. The summed E-state index contributed by atoms with van der Waals surface area (Å²) in [5.41, 5.74) is 7.35. The van der Waals surface area contributed by atoms with Gasteiger partial charge in [-0.05, 0) is 77.6 Å². The van der Waals surface area contributed by atoms with Crippen molar-refractivity contribution in [3.05, 3.63) is 126 Å². The predicted molar refractivity (Wildman–Crippen MR) is 156 cm³/mol. The molecule has 0 radical (unpaired) electrons. The van der Waals surface area contributed by atoms with Crippen molar-refractivity contribution in [3.63, 3.8) is 0 Å². The number of pyridine rings is 1. The van der Waals surface area contributed by atoms with Crippen LogP contribution < -0.4 is 0 Å². The highest BCUT2D eigenvalue weighted by Crippen LogP contribution is 2.37. The van der Waals surface area contributed by atoms with Gasteiger partial charge >= 0.3 is 0 Å². The van der Waals surface area contributed by atoms with Gasteiger partial charge in [-0.3, -0.25) is 4.98 Å². The second-order valence-corrected chi connectivity index (χ2v) is 12.9. The van der Waals surface area contributed by atoms with Gasteiger partial charge < -0.3 is 5.11 Å². The van der Waals surface area contributed by atoms with E-state index in [-0.39, 0.29) is 0 Å². The maximum atomic E-state index is 12.6. The van der Waals surface area contributed by atoms with Crippen molar-refractivity contribution in [2.45, 2.75) is 31.1 Å². The Morgan fingerprint density at radius 3 is 2.21 bits per heavy atom. The Morgan fingerprint density at radius 1 is 0.789 bits per heavy atom. The Hall–Kier alpha value is -3.80. The van der Waals surface area contributed by atoms with Gasteiger partial charge in [0.1, 0.15) is 0 Å². The summed E-state index contributed by atoms with van der Waals surface area (Å²) in [7, 11) is -3.35. The first-order valence-corrected chi connectivity index (χ1v) is 14.5. The number of sulfone groups is 1. The number of aromatic nitrogens is 1. The summed E-state index contributed by atoms with van der Waals surface area (Å²) in [4.78, 5) is 4.64. The second-order valence-electron chi connectivity index (χ2n) is 10.3. The molecule has 0 aliphatic carbocycles. The van der Waals surface area contributed by atoms with E-state index in [9.17, 15) is 13.5 Å². The standard InChI is InChI=1S/C33H31NO3S/c1-33(2,38(3,36)37)29-21-28-16-9-17-34-32(28)30(22-29)26-14-7-12-24(19-26)25-13-8-15-27(20-25)31(35)18-23-10-5-4-6-11-23/h4-17,19-22,31,35H,18H2,1-3H3. The third-order valence-corrected chi connectivity index (χ3v) is 9.47. The number of fused-ring (bicyclic) bond motifs is 1. The molecule has 0 saturated heterocycles. The third kappa shape index (κ3) is 5.13. The molecule has 0 aliphatic rings. The molecule has 4 nitrogen and oxygen atoms in total. The lowest BCUT2D eigenvalue weighted by atomic mass is 9.91. The van der Waals surface area contributed by atoms with Crippen LogP contribution in [0.25, 0.3) is 33.2 Å². The highest BCUT2D eigenvalue weighted by Gasteiger charge is 2.33.